The number of pyridine rings is 1. The van der Waals surface area contributed by atoms with Gasteiger partial charge in [-0.3, -0.25) is 4.98 Å². The molecule has 1 aromatic carbocycles. The number of aryl methyl sites for hydroxylation is 2. The van der Waals surface area contributed by atoms with Crippen molar-refractivity contribution in [2.75, 3.05) is 4.90 Å². The number of fused-ring (bicyclic) bond motifs is 1. The summed E-state index contributed by atoms with van der Waals surface area (Å²) in [6, 6.07) is 13.1. The second-order valence-electron chi connectivity index (χ2n) is 5.41. The second-order valence-corrected chi connectivity index (χ2v) is 5.41. The Balaban J connectivity index is 2.22. The number of hydrogen-bond acceptors (Lipinski definition) is 3. The second kappa shape index (κ2) is 4.64. The molecular weight excluding hydrogens is 246 g/mol. The van der Waals surface area contributed by atoms with E-state index in [1.807, 2.05) is 19.9 Å². The maximum absolute atomic E-state index is 9.47. The number of para-hydroxylation sites is 1. The Hall–Kier alpha value is -2.34. The van der Waals surface area contributed by atoms with Crippen molar-refractivity contribution >= 4 is 11.4 Å². The molecule has 100 valence electrons. The summed E-state index contributed by atoms with van der Waals surface area (Å²) in [5.74, 6) is 0. The van der Waals surface area contributed by atoms with E-state index in [0.29, 0.717) is 11.6 Å². The van der Waals surface area contributed by atoms with E-state index < -0.39 is 0 Å². The number of anilines is 2. The molecule has 0 bridgehead atoms. The van der Waals surface area contributed by atoms with Crippen molar-refractivity contribution in [3.63, 3.8) is 0 Å². The van der Waals surface area contributed by atoms with Crippen molar-refractivity contribution in [2.45, 2.75) is 33.2 Å². The highest BCUT2D eigenvalue weighted by Crippen LogP contribution is 2.40. The summed E-state index contributed by atoms with van der Waals surface area (Å²) in [7, 11) is 0. The van der Waals surface area contributed by atoms with Gasteiger partial charge in [-0.15, -0.1) is 0 Å². The van der Waals surface area contributed by atoms with Gasteiger partial charge in [-0.25, -0.2) is 0 Å². The zero-order chi connectivity index (χ0) is 14.3. The molecule has 0 saturated carbocycles. The van der Waals surface area contributed by atoms with Gasteiger partial charge >= 0.3 is 0 Å². The fourth-order valence-electron chi connectivity index (χ4n) is 3.07. The van der Waals surface area contributed by atoms with Crippen molar-refractivity contribution < 1.29 is 0 Å². The summed E-state index contributed by atoms with van der Waals surface area (Å²) in [5.41, 5.74) is 5.97. The highest BCUT2D eigenvalue weighted by molar-refractivity contribution is 5.75. The maximum Gasteiger partial charge on any atom is 0.103 e. The number of rotatable bonds is 1. The van der Waals surface area contributed by atoms with E-state index in [1.165, 1.54) is 11.3 Å². The van der Waals surface area contributed by atoms with Gasteiger partial charge in [0.15, 0.2) is 0 Å². The first-order valence-electron chi connectivity index (χ1n) is 6.87. The highest BCUT2D eigenvalue weighted by Gasteiger charge is 2.29. The SMILES string of the molecule is Cc1cc(N2c3ccccc3CC2C)c(C#N)c(C)n1. The normalized spacial score (nSPS) is 16.9. The monoisotopic (exact) mass is 263 g/mol. The molecule has 1 aromatic heterocycles. The van der Waals surface area contributed by atoms with Crippen LogP contribution in [0.15, 0.2) is 30.3 Å². The molecule has 3 heteroatoms. The summed E-state index contributed by atoms with van der Waals surface area (Å²) in [4.78, 5) is 6.68. The predicted octanol–water partition coefficient (Wildman–Crippen LogP) is 3.65. The highest BCUT2D eigenvalue weighted by atomic mass is 15.2. The number of nitriles is 1. The molecule has 0 N–H and O–H groups in total. The van der Waals surface area contributed by atoms with E-state index in [-0.39, 0.29) is 0 Å². The molecule has 1 aliphatic heterocycles. The van der Waals surface area contributed by atoms with Gasteiger partial charge in [0.1, 0.15) is 6.07 Å². The first-order chi connectivity index (χ1) is 9.61. The smallest absolute Gasteiger partial charge is 0.103 e. The van der Waals surface area contributed by atoms with Crippen LogP contribution in [0.4, 0.5) is 11.4 Å². The van der Waals surface area contributed by atoms with E-state index in [1.54, 1.807) is 0 Å². The lowest BCUT2D eigenvalue weighted by atomic mass is 10.1. The van der Waals surface area contributed by atoms with Crippen molar-refractivity contribution in [1.82, 2.24) is 4.98 Å². The quantitative estimate of drug-likeness (QED) is 0.788. The lowest BCUT2D eigenvalue weighted by Crippen LogP contribution is -2.25. The number of aromatic nitrogens is 1. The van der Waals surface area contributed by atoms with Crippen LogP contribution in [0.1, 0.15) is 29.4 Å². The van der Waals surface area contributed by atoms with Crippen LogP contribution in [-0.4, -0.2) is 11.0 Å². The summed E-state index contributed by atoms with van der Waals surface area (Å²) in [6.45, 7) is 6.08. The summed E-state index contributed by atoms with van der Waals surface area (Å²) >= 11 is 0. The number of hydrogen-bond donors (Lipinski definition) is 0. The van der Waals surface area contributed by atoms with Gasteiger partial charge in [-0.2, -0.15) is 5.26 Å². The van der Waals surface area contributed by atoms with E-state index in [0.717, 1.165) is 23.5 Å². The molecule has 3 rings (SSSR count). The maximum atomic E-state index is 9.47. The van der Waals surface area contributed by atoms with Crippen LogP contribution in [0, 0.1) is 25.2 Å². The zero-order valence-electron chi connectivity index (χ0n) is 12.0. The van der Waals surface area contributed by atoms with Gasteiger partial charge < -0.3 is 4.90 Å². The Morgan fingerprint density at radius 1 is 1.25 bits per heavy atom. The zero-order valence-corrected chi connectivity index (χ0v) is 12.0. The summed E-state index contributed by atoms with van der Waals surface area (Å²) in [5, 5.41) is 9.47. The van der Waals surface area contributed by atoms with E-state index >= 15 is 0 Å². The minimum Gasteiger partial charge on any atom is -0.337 e. The van der Waals surface area contributed by atoms with Gasteiger partial charge in [-0.1, -0.05) is 18.2 Å². The average Bonchev–Trinajstić information content (AvgIpc) is 2.73. The number of benzene rings is 1. The van der Waals surface area contributed by atoms with Gasteiger partial charge in [0.05, 0.1) is 16.9 Å². The molecule has 0 fully saturated rings. The molecule has 3 nitrogen and oxygen atoms in total. The third kappa shape index (κ3) is 1.85. The van der Waals surface area contributed by atoms with Gasteiger partial charge in [0.25, 0.3) is 0 Å². The van der Waals surface area contributed by atoms with Crippen molar-refractivity contribution in [2.24, 2.45) is 0 Å². The van der Waals surface area contributed by atoms with Gasteiger partial charge in [0, 0.05) is 17.4 Å². The minimum absolute atomic E-state index is 0.362. The molecule has 0 amide bonds. The molecular formula is C17H17N3. The van der Waals surface area contributed by atoms with Crippen LogP contribution in [-0.2, 0) is 6.42 Å². The number of nitrogens with zero attached hydrogens (tertiary/aromatic N) is 3. The van der Waals surface area contributed by atoms with Crippen LogP contribution in [0.2, 0.25) is 0 Å². The van der Waals surface area contributed by atoms with E-state index in [4.69, 9.17) is 0 Å². The van der Waals surface area contributed by atoms with E-state index in [9.17, 15) is 5.26 Å². The van der Waals surface area contributed by atoms with Crippen LogP contribution < -0.4 is 4.90 Å². The third-order valence-electron chi connectivity index (χ3n) is 3.89. The molecule has 1 atom stereocenters. The molecule has 2 aromatic rings. The van der Waals surface area contributed by atoms with Crippen LogP contribution >= 0.6 is 0 Å². The standard InChI is InChI=1S/C17H17N3/c1-11-8-17(15(10-18)13(3)19-11)20-12(2)9-14-6-4-5-7-16(14)20/h4-8,12H,9H2,1-3H3. The average molecular weight is 263 g/mol. The van der Waals surface area contributed by atoms with Crippen LogP contribution in [0.3, 0.4) is 0 Å². The van der Waals surface area contributed by atoms with Crippen LogP contribution in [0.5, 0.6) is 0 Å². The molecule has 1 aliphatic rings. The molecule has 0 spiro atoms. The fourth-order valence-corrected chi connectivity index (χ4v) is 3.07. The predicted molar refractivity (Wildman–Crippen MR) is 80.2 cm³/mol. The molecule has 2 heterocycles. The van der Waals surface area contributed by atoms with Crippen molar-refractivity contribution in [3.05, 3.63) is 52.8 Å². The lowest BCUT2D eigenvalue weighted by Gasteiger charge is -2.26. The molecule has 1 unspecified atom stereocenters. The summed E-state index contributed by atoms with van der Waals surface area (Å²) in [6.07, 6.45) is 1.02. The topological polar surface area (TPSA) is 39.9 Å². The lowest BCUT2D eigenvalue weighted by molar-refractivity contribution is 0.756. The Morgan fingerprint density at radius 3 is 2.75 bits per heavy atom. The van der Waals surface area contributed by atoms with Crippen LogP contribution in [0.25, 0.3) is 0 Å². The Bertz CT molecular complexity index is 713. The van der Waals surface area contributed by atoms with E-state index in [2.05, 4.69) is 47.1 Å². The molecule has 20 heavy (non-hydrogen) atoms. The fraction of sp³-hybridized carbons (Fsp3) is 0.294. The summed E-state index contributed by atoms with van der Waals surface area (Å²) < 4.78 is 0. The Labute approximate surface area is 119 Å². The third-order valence-corrected chi connectivity index (χ3v) is 3.89. The Morgan fingerprint density at radius 2 is 2.00 bits per heavy atom. The first kappa shape index (κ1) is 12.7. The first-order valence-corrected chi connectivity index (χ1v) is 6.87. The van der Waals surface area contributed by atoms with Gasteiger partial charge in [0.2, 0.25) is 0 Å². The largest absolute Gasteiger partial charge is 0.337 e. The molecule has 0 saturated heterocycles. The Kier molecular flexibility index (Phi) is 2.94. The molecule has 0 radical (unpaired) electrons. The van der Waals surface area contributed by atoms with Gasteiger partial charge in [-0.05, 0) is 44.9 Å². The molecule has 0 aliphatic carbocycles. The van der Waals surface area contributed by atoms with Crippen molar-refractivity contribution in [3.8, 4) is 6.07 Å². The minimum atomic E-state index is 0.362. The van der Waals surface area contributed by atoms with Crippen molar-refractivity contribution in [1.29, 1.82) is 5.26 Å².